The summed E-state index contributed by atoms with van der Waals surface area (Å²) in [6.45, 7) is 0.462. The van der Waals surface area contributed by atoms with Crippen LogP contribution in [0.2, 0.25) is 0 Å². The molecule has 2 aromatic carbocycles. The van der Waals surface area contributed by atoms with Crippen LogP contribution in [-0.2, 0) is 6.54 Å². The van der Waals surface area contributed by atoms with E-state index < -0.39 is 0 Å². The Hall–Kier alpha value is -2.36. The van der Waals surface area contributed by atoms with Crippen molar-refractivity contribution in [1.82, 2.24) is 5.32 Å². The number of rotatable bonds is 1. The van der Waals surface area contributed by atoms with Gasteiger partial charge in [-0.1, -0.05) is 36.4 Å². The van der Waals surface area contributed by atoms with E-state index >= 15 is 0 Å². The maximum atomic E-state index is 13.8. The summed E-state index contributed by atoms with van der Waals surface area (Å²) < 4.78 is 13.8. The number of halogens is 1. The first-order valence-corrected chi connectivity index (χ1v) is 5.67. The zero-order valence-electron chi connectivity index (χ0n) is 9.53. The lowest BCUT2D eigenvalue weighted by Crippen LogP contribution is -2.33. The maximum absolute atomic E-state index is 13.8. The van der Waals surface area contributed by atoms with Gasteiger partial charge in [0.15, 0.2) is 0 Å². The van der Waals surface area contributed by atoms with E-state index in [2.05, 4.69) is 10.6 Å². The number of nitrogens with one attached hydrogen (secondary N) is 2. The monoisotopic (exact) mass is 242 g/mol. The highest BCUT2D eigenvalue weighted by molar-refractivity contribution is 5.97. The predicted molar refractivity (Wildman–Crippen MR) is 67.7 cm³/mol. The second-order valence-electron chi connectivity index (χ2n) is 4.13. The number of carbonyl (C=O) groups is 1. The molecule has 0 unspecified atom stereocenters. The first-order valence-electron chi connectivity index (χ1n) is 5.67. The third kappa shape index (κ3) is 1.72. The van der Waals surface area contributed by atoms with Gasteiger partial charge in [-0.2, -0.15) is 0 Å². The highest BCUT2D eigenvalue weighted by Gasteiger charge is 2.18. The molecule has 2 amide bonds. The highest BCUT2D eigenvalue weighted by Crippen LogP contribution is 2.33. The number of fused-ring (bicyclic) bond motifs is 1. The summed E-state index contributed by atoms with van der Waals surface area (Å²) >= 11 is 0. The molecule has 0 atom stereocenters. The molecule has 0 aliphatic carbocycles. The molecule has 0 fully saturated rings. The van der Waals surface area contributed by atoms with Crippen molar-refractivity contribution >= 4 is 11.7 Å². The van der Waals surface area contributed by atoms with Crippen LogP contribution in [0.4, 0.5) is 14.9 Å². The first-order chi connectivity index (χ1) is 8.75. The number of benzene rings is 2. The van der Waals surface area contributed by atoms with E-state index in [1.807, 2.05) is 18.2 Å². The summed E-state index contributed by atoms with van der Waals surface area (Å²) in [5.41, 5.74) is 2.85. The van der Waals surface area contributed by atoms with Gasteiger partial charge in [0.25, 0.3) is 0 Å². The minimum absolute atomic E-state index is 0.258. The number of para-hydroxylation sites is 1. The molecule has 1 aliphatic rings. The van der Waals surface area contributed by atoms with Crippen LogP contribution < -0.4 is 10.6 Å². The number of carbonyl (C=O) groups excluding carboxylic acids is 1. The number of hydrogen-bond donors (Lipinski definition) is 2. The Balaban J connectivity index is 2.19. The van der Waals surface area contributed by atoms with Gasteiger partial charge in [-0.05, 0) is 11.6 Å². The van der Waals surface area contributed by atoms with E-state index in [0.717, 1.165) is 5.56 Å². The van der Waals surface area contributed by atoms with Crippen molar-refractivity contribution < 1.29 is 9.18 Å². The maximum Gasteiger partial charge on any atom is 0.319 e. The molecule has 3 nitrogen and oxygen atoms in total. The summed E-state index contributed by atoms with van der Waals surface area (Å²) in [7, 11) is 0. The van der Waals surface area contributed by atoms with E-state index in [4.69, 9.17) is 0 Å². The van der Waals surface area contributed by atoms with E-state index in [1.54, 1.807) is 18.2 Å². The Morgan fingerprint density at radius 1 is 1.00 bits per heavy atom. The van der Waals surface area contributed by atoms with Gasteiger partial charge in [0, 0.05) is 17.7 Å². The predicted octanol–water partition coefficient (Wildman–Crippen LogP) is 3.13. The summed E-state index contributed by atoms with van der Waals surface area (Å²) in [6, 6.07) is 11.9. The Labute approximate surface area is 104 Å². The third-order valence-corrected chi connectivity index (χ3v) is 2.99. The van der Waals surface area contributed by atoms with Crippen molar-refractivity contribution in [3.63, 3.8) is 0 Å². The van der Waals surface area contributed by atoms with Crippen molar-refractivity contribution in [3.8, 4) is 11.1 Å². The van der Waals surface area contributed by atoms with Gasteiger partial charge in [-0.25, -0.2) is 9.18 Å². The third-order valence-electron chi connectivity index (χ3n) is 2.99. The molecular weight excluding hydrogens is 231 g/mol. The van der Waals surface area contributed by atoms with Crippen LogP contribution in [0.25, 0.3) is 11.1 Å². The smallest absolute Gasteiger partial charge is 0.319 e. The molecule has 4 heteroatoms. The van der Waals surface area contributed by atoms with Crippen LogP contribution in [-0.4, -0.2) is 6.03 Å². The van der Waals surface area contributed by atoms with Crippen molar-refractivity contribution in [2.45, 2.75) is 6.54 Å². The van der Waals surface area contributed by atoms with Gasteiger partial charge >= 0.3 is 6.03 Å². The number of urea groups is 1. The molecule has 18 heavy (non-hydrogen) atoms. The SMILES string of the molecule is O=C1NCc2cccc(-c3ccccc3F)c2N1. The highest BCUT2D eigenvalue weighted by atomic mass is 19.1. The average Bonchev–Trinajstić information content (AvgIpc) is 2.39. The fourth-order valence-electron chi connectivity index (χ4n) is 2.13. The second-order valence-corrected chi connectivity index (χ2v) is 4.13. The standard InChI is InChI=1S/C14H11FN2O/c15-12-7-2-1-5-10(12)11-6-3-4-9-8-16-14(18)17-13(9)11/h1-7H,8H2,(H2,16,17,18). The van der Waals surface area contributed by atoms with Crippen molar-refractivity contribution in [2.75, 3.05) is 5.32 Å². The second kappa shape index (κ2) is 4.14. The molecule has 0 radical (unpaired) electrons. The van der Waals surface area contributed by atoms with Gasteiger partial charge < -0.3 is 10.6 Å². The van der Waals surface area contributed by atoms with E-state index in [0.29, 0.717) is 23.4 Å². The average molecular weight is 242 g/mol. The van der Waals surface area contributed by atoms with Crippen molar-refractivity contribution in [3.05, 3.63) is 53.8 Å². The van der Waals surface area contributed by atoms with Crippen LogP contribution in [0.3, 0.4) is 0 Å². The number of amides is 2. The molecular formula is C14H11FN2O. The van der Waals surface area contributed by atoms with Crippen LogP contribution in [0.5, 0.6) is 0 Å². The number of hydrogen-bond acceptors (Lipinski definition) is 1. The molecule has 2 aromatic rings. The zero-order valence-corrected chi connectivity index (χ0v) is 9.53. The molecule has 1 heterocycles. The van der Waals surface area contributed by atoms with Crippen LogP contribution in [0.15, 0.2) is 42.5 Å². The van der Waals surface area contributed by atoms with Gasteiger partial charge in [0.2, 0.25) is 0 Å². The van der Waals surface area contributed by atoms with E-state index in [-0.39, 0.29) is 11.8 Å². The van der Waals surface area contributed by atoms with Gasteiger partial charge in [0.05, 0.1) is 5.69 Å². The Bertz CT molecular complexity index is 625. The minimum atomic E-state index is -0.293. The van der Waals surface area contributed by atoms with Crippen LogP contribution in [0, 0.1) is 5.82 Å². The van der Waals surface area contributed by atoms with Crippen LogP contribution in [0.1, 0.15) is 5.56 Å². The first kappa shape index (κ1) is 10.8. The Morgan fingerprint density at radius 2 is 1.78 bits per heavy atom. The lowest BCUT2D eigenvalue weighted by Gasteiger charge is -2.21. The Morgan fingerprint density at radius 3 is 2.61 bits per heavy atom. The van der Waals surface area contributed by atoms with Crippen molar-refractivity contribution in [1.29, 1.82) is 0 Å². The number of anilines is 1. The molecule has 0 saturated carbocycles. The lowest BCUT2D eigenvalue weighted by molar-refractivity contribution is 0.251. The molecule has 90 valence electrons. The van der Waals surface area contributed by atoms with Crippen LogP contribution >= 0.6 is 0 Å². The zero-order chi connectivity index (χ0) is 12.5. The summed E-state index contributed by atoms with van der Waals surface area (Å²) in [5.74, 6) is -0.293. The molecule has 0 aromatic heterocycles. The molecule has 2 N–H and O–H groups in total. The molecule has 0 saturated heterocycles. The Kier molecular flexibility index (Phi) is 2.48. The molecule has 1 aliphatic heterocycles. The topological polar surface area (TPSA) is 41.1 Å². The van der Waals surface area contributed by atoms with E-state index in [1.165, 1.54) is 6.07 Å². The summed E-state index contributed by atoms with van der Waals surface area (Å²) in [5, 5.41) is 5.43. The molecule has 0 bridgehead atoms. The lowest BCUT2D eigenvalue weighted by atomic mass is 9.98. The minimum Gasteiger partial charge on any atom is -0.334 e. The summed E-state index contributed by atoms with van der Waals surface area (Å²) in [4.78, 5) is 11.4. The van der Waals surface area contributed by atoms with Gasteiger partial charge in [-0.15, -0.1) is 0 Å². The molecule has 3 rings (SSSR count). The van der Waals surface area contributed by atoms with Gasteiger partial charge in [-0.3, -0.25) is 0 Å². The van der Waals surface area contributed by atoms with E-state index in [9.17, 15) is 9.18 Å². The molecule has 0 spiro atoms. The normalized spacial score (nSPS) is 13.5. The fourth-order valence-corrected chi connectivity index (χ4v) is 2.13. The van der Waals surface area contributed by atoms with Crippen molar-refractivity contribution in [2.24, 2.45) is 0 Å². The quantitative estimate of drug-likeness (QED) is 0.792. The summed E-state index contributed by atoms with van der Waals surface area (Å²) in [6.07, 6.45) is 0. The largest absolute Gasteiger partial charge is 0.334 e. The van der Waals surface area contributed by atoms with Gasteiger partial charge in [0.1, 0.15) is 5.82 Å². The fraction of sp³-hybridized carbons (Fsp3) is 0.0714.